The van der Waals surface area contributed by atoms with Crippen molar-refractivity contribution in [2.45, 2.75) is 46.1 Å². The van der Waals surface area contributed by atoms with Crippen molar-refractivity contribution in [3.05, 3.63) is 29.6 Å². The standard InChI is InChI=1S/C13H20N2O/c1-5-12(16)15-9-11-7-6-10(8-14-11)13(2,3)4/h6-8H,5,9H2,1-4H3,(H,15,16). The Morgan fingerprint density at radius 1 is 1.38 bits per heavy atom. The van der Waals surface area contributed by atoms with Crippen LogP contribution in [0.25, 0.3) is 0 Å². The van der Waals surface area contributed by atoms with Crippen LogP contribution in [-0.4, -0.2) is 10.9 Å². The van der Waals surface area contributed by atoms with Crippen molar-refractivity contribution in [2.24, 2.45) is 0 Å². The number of carbonyl (C=O) groups excluding carboxylic acids is 1. The van der Waals surface area contributed by atoms with Gasteiger partial charge in [0.15, 0.2) is 0 Å². The molecule has 88 valence electrons. The molecule has 1 rings (SSSR count). The van der Waals surface area contributed by atoms with Crippen LogP contribution in [0, 0.1) is 0 Å². The van der Waals surface area contributed by atoms with Gasteiger partial charge in [-0.15, -0.1) is 0 Å². The molecule has 1 amide bonds. The van der Waals surface area contributed by atoms with Gasteiger partial charge in [0.05, 0.1) is 12.2 Å². The molecule has 0 saturated heterocycles. The Kier molecular flexibility index (Phi) is 4.05. The summed E-state index contributed by atoms with van der Waals surface area (Å²) >= 11 is 0. The van der Waals surface area contributed by atoms with Gasteiger partial charge in [-0.05, 0) is 17.0 Å². The molecule has 1 aromatic rings. The van der Waals surface area contributed by atoms with Gasteiger partial charge in [0.2, 0.25) is 5.91 Å². The number of rotatable bonds is 3. The van der Waals surface area contributed by atoms with E-state index in [1.54, 1.807) is 0 Å². The van der Waals surface area contributed by atoms with E-state index in [4.69, 9.17) is 0 Å². The Hall–Kier alpha value is -1.38. The van der Waals surface area contributed by atoms with Crippen LogP contribution in [0.1, 0.15) is 45.4 Å². The lowest BCUT2D eigenvalue weighted by Gasteiger charge is -2.18. The summed E-state index contributed by atoms with van der Waals surface area (Å²) in [5.74, 6) is 0.0571. The van der Waals surface area contributed by atoms with Gasteiger partial charge in [-0.1, -0.05) is 33.8 Å². The third-order valence-corrected chi connectivity index (χ3v) is 2.48. The molecule has 1 heterocycles. The lowest BCUT2D eigenvalue weighted by Crippen LogP contribution is -2.22. The van der Waals surface area contributed by atoms with Crippen LogP contribution in [0.2, 0.25) is 0 Å². The summed E-state index contributed by atoms with van der Waals surface area (Å²) < 4.78 is 0. The van der Waals surface area contributed by atoms with Gasteiger partial charge in [0, 0.05) is 12.6 Å². The zero-order valence-corrected chi connectivity index (χ0v) is 10.5. The molecule has 0 aliphatic carbocycles. The lowest BCUT2D eigenvalue weighted by atomic mass is 9.88. The third kappa shape index (κ3) is 3.65. The largest absolute Gasteiger partial charge is 0.350 e. The number of hydrogen-bond acceptors (Lipinski definition) is 2. The van der Waals surface area contributed by atoms with E-state index < -0.39 is 0 Å². The van der Waals surface area contributed by atoms with E-state index in [-0.39, 0.29) is 11.3 Å². The predicted molar refractivity (Wildman–Crippen MR) is 65.1 cm³/mol. The van der Waals surface area contributed by atoms with Crippen LogP contribution in [-0.2, 0) is 16.8 Å². The molecule has 16 heavy (non-hydrogen) atoms. The highest BCUT2D eigenvalue weighted by Crippen LogP contribution is 2.20. The monoisotopic (exact) mass is 220 g/mol. The number of carbonyl (C=O) groups is 1. The molecule has 0 aliphatic heterocycles. The molecule has 3 heteroatoms. The maximum Gasteiger partial charge on any atom is 0.220 e. The van der Waals surface area contributed by atoms with Gasteiger partial charge in [0.1, 0.15) is 0 Å². The minimum absolute atomic E-state index is 0.0571. The van der Waals surface area contributed by atoms with Crippen molar-refractivity contribution in [1.82, 2.24) is 10.3 Å². The molecule has 0 atom stereocenters. The van der Waals surface area contributed by atoms with Gasteiger partial charge in [-0.2, -0.15) is 0 Å². The second kappa shape index (κ2) is 5.10. The highest BCUT2D eigenvalue weighted by atomic mass is 16.1. The Morgan fingerprint density at radius 2 is 2.06 bits per heavy atom. The van der Waals surface area contributed by atoms with Gasteiger partial charge in [0.25, 0.3) is 0 Å². The number of amides is 1. The van der Waals surface area contributed by atoms with E-state index in [0.29, 0.717) is 13.0 Å². The van der Waals surface area contributed by atoms with Crippen molar-refractivity contribution in [2.75, 3.05) is 0 Å². The first kappa shape index (κ1) is 12.7. The highest BCUT2D eigenvalue weighted by Gasteiger charge is 2.13. The Bertz CT molecular complexity index is 349. The van der Waals surface area contributed by atoms with Crippen LogP contribution in [0.15, 0.2) is 18.3 Å². The molecule has 0 fully saturated rings. The highest BCUT2D eigenvalue weighted by molar-refractivity contribution is 5.75. The first-order valence-corrected chi connectivity index (χ1v) is 5.65. The topological polar surface area (TPSA) is 42.0 Å². The van der Waals surface area contributed by atoms with Crippen LogP contribution in [0.5, 0.6) is 0 Å². The number of nitrogens with zero attached hydrogens (tertiary/aromatic N) is 1. The fraction of sp³-hybridized carbons (Fsp3) is 0.538. The molecule has 1 N–H and O–H groups in total. The van der Waals surface area contributed by atoms with E-state index >= 15 is 0 Å². The first-order chi connectivity index (χ1) is 7.43. The zero-order chi connectivity index (χ0) is 12.2. The number of pyridine rings is 1. The summed E-state index contributed by atoms with van der Waals surface area (Å²) in [5, 5.41) is 2.81. The summed E-state index contributed by atoms with van der Waals surface area (Å²) in [5.41, 5.74) is 2.23. The average molecular weight is 220 g/mol. The van der Waals surface area contributed by atoms with Crippen LogP contribution >= 0.6 is 0 Å². The molecular weight excluding hydrogens is 200 g/mol. The van der Waals surface area contributed by atoms with Crippen LogP contribution in [0.3, 0.4) is 0 Å². The molecule has 0 spiro atoms. The van der Waals surface area contributed by atoms with E-state index in [0.717, 1.165) is 5.69 Å². The smallest absolute Gasteiger partial charge is 0.220 e. The van der Waals surface area contributed by atoms with Gasteiger partial charge in [-0.25, -0.2) is 0 Å². The molecule has 0 aromatic carbocycles. The SMILES string of the molecule is CCC(=O)NCc1ccc(C(C)(C)C)cn1. The van der Waals surface area contributed by atoms with Crippen molar-refractivity contribution < 1.29 is 4.79 Å². The Balaban J connectivity index is 2.62. The fourth-order valence-electron chi connectivity index (χ4n) is 1.29. The Morgan fingerprint density at radius 3 is 2.50 bits per heavy atom. The quantitative estimate of drug-likeness (QED) is 0.850. The van der Waals surface area contributed by atoms with E-state index in [1.165, 1.54) is 5.56 Å². The van der Waals surface area contributed by atoms with Crippen molar-refractivity contribution in [3.8, 4) is 0 Å². The first-order valence-electron chi connectivity index (χ1n) is 5.65. The lowest BCUT2D eigenvalue weighted by molar-refractivity contribution is -0.120. The van der Waals surface area contributed by atoms with Crippen molar-refractivity contribution in [1.29, 1.82) is 0 Å². The minimum atomic E-state index is 0.0571. The zero-order valence-electron chi connectivity index (χ0n) is 10.5. The predicted octanol–water partition coefficient (Wildman–Crippen LogP) is 2.41. The summed E-state index contributed by atoms with van der Waals surface area (Å²) in [6.45, 7) is 8.82. The van der Waals surface area contributed by atoms with Crippen molar-refractivity contribution >= 4 is 5.91 Å². The maximum atomic E-state index is 11.1. The number of aromatic nitrogens is 1. The molecule has 3 nitrogen and oxygen atoms in total. The average Bonchev–Trinajstić information content (AvgIpc) is 2.25. The maximum absolute atomic E-state index is 11.1. The van der Waals surface area contributed by atoms with Gasteiger partial charge in [-0.3, -0.25) is 9.78 Å². The minimum Gasteiger partial charge on any atom is -0.350 e. The van der Waals surface area contributed by atoms with E-state index in [1.807, 2.05) is 19.2 Å². The molecule has 0 radical (unpaired) electrons. The summed E-state index contributed by atoms with van der Waals surface area (Å²) in [4.78, 5) is 15.4. The molecule has 0 aliphatic rings. The molecule has 0 saturated carbocycles. The summed E-state index contributed by atoms with van der Waals surface area (Å²) in [6.07, 6.45) is 2.40. The summed E-state index contributed by atoms with van der Waals surface area (Å²) in [6, 6.07) is 4.04. The second-order valence-corrected chi connectivity index (χ2v) is 4.92. The summed E-state index contributed by atoms with van der Waals surface area (Å²) in [7, 11) is 0. The van der Waals surface area contributed by atoms with E-state index in [9.17, 15) is 4.79 Å². The molecular formula is C13H20N2O. The van der Waals surface area contributed by atoms with Gasteiger partial charge < -0.3 is 5.32 Å². The number of nitrogens with one attached hydrogen (secondary N) is 1. The van der Waals surface area contributed by atoms with Crippen LogP contribution in [0.4, 0.5) is 0 Å². The molecule has 0 unspecified atom stereocenters. The fourth-order valence-corrected chi connectivity index (χ4v) is 1.29. The van der Waals surface area contributed by atoms with E-state index in [2.05, 4.69) is 37.1 Å². The number of hydrogen-bond donors (Lipinski definition) is 1. The van der Waals surface area contributed by atoms with Gasteiger partial charge >= 0.3 is 0 Å². The van der Waals surface area contributed by atoms with Crippen LogP contribution < -0.4 is 5.32 Å². The van der Waals surface area contributed by atoms with Crippen molar-refractivity contribution in [3.63, 3.8) is 0 Å². The second-order valence-electron chi connectivity index (χ2n) is 4.92. The Labute approximate surface area is 97.3 Å². The molecule has 1 aromatic heterocycles. The normalized spacial score (nSPS) is 11.2. The third-order valence-electron chi connectivity index (χ3n) is 2.48. The molecule has 0 bridgehead atoms.